The topological polar surface area (TPSA) is 85.8 Å². The maximum absolute atomic E-state index is 13.7. The summed E-state index contributed by atoms with van der Waals surface area (Å²) in [6.45, 7) is 4.47. The van der Waals surface area contributed by atoms with E-state index in [1.165, 1.54) is 23.9 Å². The van der Waals surface area contributed by atoms with Crippen molar-refractivity contribution in [1.29, 1.82) is 0 Å². The minimum Gasteiger partial charge on any atom is -0.352 e. The second kappa shape index (κ2) is 9.04. The lowest BCUT2D eigenvalue weighted by Gasteiger charge is -2.13. The Balaban J connectivity index is 2.08. The van der Waals surface area contributed by atoms with Gasteiger partial charge in [0.15, 0.2) is 0 Å². The number of urea groups is 1. The molecule has 0 unspecified atom stereocenters. The number of carbonyl (C=O) groups excluding carboxylic acids is 1. The molecule has 6 nitrogen and oxygen atoms in total. The van der Waals surface area contributed by atoms with E-state index in [4.69, 9.17) is 5.73 Å². The van der Waals surface area contributed by atoms with Gasteiger partial charge in [-0.05, 0) is 30.2 Å². The standard InChI is InChI=1S/C20H21F2N5OS/c1-12(2)18-19(29-16-8-13(21)7-14(22)9-16)27(11-15-5-3-4-6-24-15)17(26-18)10-25-20(23)28/h3-9,12H,10-11H2,1-2H3,(H3,23,25,28). The molecule has 0 saturated carbocycles. The molecule has 0 fully saturated rings. The number of imidazole rings is 1. The van der Waals surface area contributed by atoms with Crippen molar-refractivity contribution >= 4 is 17.8 Å². The number of nitrogens with zero attached hydrogens (tertiary/aromatic N) is 3. The van der Waals surface area contributed by atoms with Crippen molar-refractivity contribution in [1.82, 2.24) is 19.9 Å². The first-order valence-electron chi connectivity index (χ1n) is 9.00. The zero-order valence-corrected chi connectivity index (χ0v) is 16.8. The molecule has 0 spiro atoms. The predicted molar refractivity (Wildman–Crippen MR) is 107 cm³/mol. The number of pyridine rings is 1. The summed E-state index contributed by atoms with van der Waals surface area (Å²) in [6.07, 6.45) is 1.69. The number of halogens is 2. The van der Waals surface area contributed by atoms with E-state index >= 15 is 0 Å². The molecule has 3 aromatic rings. The van der Waals surface area contributed by atoms with E-state index in [0.717, 1.165) is 22.5 Å². The van der Waals surface area contributed by atoms with E-state index in [1.54, 1.807) is 6.20 Å². The van der Waals surface area contributed by atoms with Crippen LogP contribution in [0.3, 0.4) is 0 Å². The minimum atomic E-state index is -0.662. The molecule has 3 rings (SSSR count). The van der Waals surface area contributed by atoms with Crippen LogP contribution in [0.4, 0.5) is 13.6 Å². The van der Waals surface area contributed by atoms with Gasteiger partial charge in [-0.15, -0.1) is 0 Å². The highest BCUT2D eigenvalue weighted by Gasteiger charge is 2.21. The van der Waals surface area contributed by atoms with Gasteiger partial charge in [-0.25, -0.2) is 18.6 Å². The highest BCUT2D eigenvalue weighted by Crippen LogP contribution is 2.36. The Morgan fingerprint density at radius 2 is 1.97 bits per heavy atom. The third kappa shape index (κ3) is 5.32. The smallest absolute Gasteiger partial charge is 0.312 e. The molecule has 0 aliphatic carbocycles. The van der Waals surface area contributed by atoms with Gasteiger partial charge in [0, 0.05) is 17.2 Å². The molecule has 152 valence electrons. The van der Waals surface area contributed by atoms with E-state index in [-0.39, 0.29) is 12.5 Å². The van der Waals surface area contributed by atoms with E-state index in [1.807, 2.05) is 36.6 Å². The summed E-state index contributed by atoms with van der Waals surface area (Å²) < 4.78 is 29.3. The number of hydrogen-bond acceptors (Lipinski definition) is 4. The van der Waals surface area contributed by atoms with Crippen molar-refractivity contribution in [2.24, 2.45) is 5.73 Å². The van der Waals surface area contributed by atoms with Gasteiger partial charge in [-0.3, -0.25) is 4.98 Å². The van der Waals surface area contributed by atoms with Crippen LogP contribution in [0.15, 0.2) is 52.5 Å². The van der Waals surface area contributed by atoms with Crippen LogP contribution in [0.1, 0.15) is 37.0 Å². The largest absolute Gasteiger partial charge is 0.352 e. The number of hydrogen-bond donors (Lipinski definition) is 2. The Kier molecular flexibility index (Phi) is 6.48. The third-order valence-corrected chi connectivity index (χ3v) is 5.18. The molecule has 9 heteroatoms. The van der Waals surface area contributed by atoms with Gasteiger partial charge in [0.25, 0.3) is 0 Å². The Labute approximate surface area is 171 Å². The average Bonchev–Trinajstić information content (AvgIpc) is 2.97. The fraction of sp³-hybridized carbons (Fsp3) is 0.250. The number of primary amides is 1. The van der Waals surface area contributed by atoms with Crippen molar-refractivity contribution in [2.75, 3.05) is 0 Å². The van der Waals surface area contributed by atoms with Crippen LogP contribution in [0.5, 0.6) is 0 Å². The molecule has 0 aliphatic heterocycles. The highest BCUT2D eigenvalue weighted by molar-refractivity contribution is 7.99. The van der Waals surface area contributed by atoms with Crippen LogP contribution in [0.2, 0.25) is 0 Å². The first-order valence-corrected chi connectivity index (χ1v) is 9.81. The highest BCUT2D eigenvalue weighted by atomic mass is 32.2. The Bertz CT molecular complexity index is 987. The Morgan fingerprint density at radius 3 is 2.55 bits per heavy atom. The number of amides is 2. The van der Waals surface area contributed by atoms with Crippen LogP contribution >= 0.6 is 11.8 Å². The lowest BCUT2D eigenvalue weighted by atomic mass is 10.1. The molecule has 0 bridgehead atoms. The predicted octanol–water partition coefficient (Wildman–Crippen LogP) is 4.05. The number of carbonyl (C=O) groups is 1. The lowest BCUT2D eigenvalue weighted by molar-refractivity contribution is 0.248. The van der Waals surface area contributed by atoms with Crippen LogP contribution < -0.4 is 11.1 Å². The average molecular weight is 417 g/mol. The summed E-state index contributed by atoms with van der Waals surface area (Å²) >= 11 is 1.22. The third-order valence-electron chi connectivity index (χ3n) is 4.09. The van der Waals surface area contributed by atoms with Crippen LogP contribution in [-0.2, 0) is 13.1 Å². The molecule has 0 atom stereocenters. The van der Waals surface area contributed by atoms with Crippen molar-refractivity contribution in [3.05, 3.63) is 71.4 Å². The number of rotatable bonds is 7. The van der Waals surface area contributed by atoms with Crippen molar-refractivity contribution < 1.29 is 13.6 Å². The van der Waals surface area contributed by atoms with Gasteiger partial charge in [0.2, 0.25) is 0 Å². The summed E-state index contributed by atoms with van der Waals surface area (Å²) in [6, 6.07) is 8.28. The maximum Gasteiger partial charge on any atom is 0.312 e. The summed E-state index contributed by atoms with van der Waals surface area (Å²) in [5.41, 5.74) is 6.76. The fourth-order valence-corrected chi connectivity index (χ4v) is 4.04. The molecule has 29 heavy (non-hydrogen) atoms. The van der Waals surface area contributed by atoms with Gasteiger partial charge in [0.05, 0.1) is 24.5 Å². The summed E-state index contributed by atoms with van der Waals surface area (Å²) in [5.74, 6) is -0.666. The summed E-state index contributed by atoms with van der Waals surface area (Å²) in [5, 5.41) is 3.29. The van der Waals surface area contributed by atoms with Crippen LogP contribution in [-0.4, -0.2) is 20.6 Å². The first kappa shape index (κ1) is 20.8. The van der Waals surface area contributed by atoms with Crippen LogP contribution in [0.25, 0.3) is 0 Å². The van der Waals surface area contributed by atoms with Gasteiger partial charge in [0.1, 0.15) is 22.5 Å². The van der Waals surface area contributed by atoms with Crippen LogP contribution in [0, 0.1) is 11.6 Å². The molecule has 0 saturated heterocycles. The van der Waals surface area contributed by atoms with Gasteiger partial charge in [-0.2, -0.15) is 0 Å². The first-order chi connectivity index (χ1) is 13.8. The van der Waals surface area contributed by atoms with E-state index in [0.29, 0.717) is 17.3 Å². The molecule has 2 aromatic heterocycles. The molecule has 2 amide bonds. The quantitative estimate of drug-likeness (QED) is 0.607. The lowest BCUT2D eigenvalue weighted by Crippen LogP contribution is -2.30. The summed E-state index contributed by atoms with van der Waals surface area (Å²) in [4.78, 5) is 20.7. The summed E-state index contributed by atoms with van der Waals surface area (Å²) in [7, 11) is 0. The SMILES string of the molecule is CC(C)c1nc(CNC(N)=O)n(Cc2ccccn2)c1Sc1cc(F)cc(F)c1. The second-order valence-corrected chi connectivity index (χ2v) is 7.77. The number of nitrogens with one attached hydrogen (secondary N) is 1. The molecule has 3 N–H and O–H groups in total. The number of aromatic nitrogens is 3. The minimum absolute atomic E-state index is 0.0493. The zero-order valence-electron chi connectivity index (χ0n) is 16.0. The van der Waals surface area contributed by atoms with Crippen molar-refractivity contribution in [3.63, 3.8) is 0 Å². The van der Waals surface area contributed by atoms with Gasteiger partial charge < -0.3 is 15.6 Å². The Morgan fingerprint density at radius 1 is 1.24 bits per heavy atom. The Hall–Kier alpha value is -2.94. The molecular weight excluding hydrogens is 396 g/mol. The second-order valence-electron chi connectivity index (χ2n) is 6.71. The number of benzene rings is 1. The van der Waals surface area contributed by atoms with E-state index in [9.17, 15) is 13.6 Å². The molecule has 0 radical (unpaired) electrons. The molecule has 1 aromatic carbocycles. The van der Waals surface area contributed by atoms with E-state index in [2.05, 4.69) is 15.3 Å². The zero-order chi connectivity index (χ0) is 21.0. The van der Waals surface area contributed by atoms with Crippen molar-refractivity contribution in [2.45, 2.75) is 42.8 Å². The van der Waals surface area contributed by atoms with Gasteiger partial charge in [-0.1, -0.05) is 31.7 Å². The monoisotopic (exact) mass is 417 g/mol. The molecule has 2 heterocycles. The van der Waals surface area contributed by atoms with Gasteiger partial charge >= 0.3 is 6.03 Å². The molecule has 0 aliphatic rings. The molecular formula is C20H21F2N5OS. The van der Waals surface area contributed by atoms with Crippen molar-refractivity contribution in [3.8, 4) is 0 Å². The fourth-order valence-electron chi connectivity index (χ4n) is 2.80. The number of nitrogens with two attached hydrogens (primary N) is 1. The van der Waals surface area contributed by atoms with E-state index < -0.39 is 17.7 Å². The maximum atomic E-state index is 13.7. The normalized spacial score (nSPS) is 11.1.